The van der Waals surface area contributed by atoms with Gasteiger partial charge in [-0.3, -0.25) is 9.79 Å². The molecule has 1 heterocycles. The SMILES string of the molecule is COC(=O)CC[C@@H]1N=C(c2ccccc2F)c2cc(Cl)ccc2NC1=S. The van der Waals surface area contributed by atoms with Gasteiger partial charge in [-0.2, -0.15) is 0 Å². The van der Waals surface area contributed by atoms with Gasteiger partial charge in [0.05, 0.1) is 12.8 Å². The lowest BCUT2D eigenvalue weighted by Gasteiger charge is -2.13. The fraction of sp³-hybridized carbons (Fsp3) is 0.211. The van der Waals surface area contributed by atoms with Crippen LogP contribution in [-0.4, -0.2) is 29.8 Å². The van der Waals surface area contributed by atoms with Crippen LogP contribution in [0, 0.1) is 5.82 Å². The van der Waals surface area contributed by atoms with Gasteiger partial charge in [0.1, 0.15) is 16.8 Å². The Morgan fingerprint density at radius 2 is 2.08 bits per heavy atom. The molecule has 2 aromatic rings. The standard InChI is InChI=1S/C19H16ClFN2O2S/c1-25-17(24)9-8-16-19(26)23-15-7-6-11(20)10-13(15)18(22-16)12-4-2-3-5-14(12)21/h2-7,10,16H,8-9H2,1H3,(H,23,26)/t16-/m0/s1. The second-order valence-corrected chi connectivity index (χ2v) is 6.64. The molecule has 0 unspecified atom stereocenters. The third kappa shape index (κ3) is 3.92. The van der Waals surface area contributed by atoms with E-state index in [9.17, 15) is 9.18 Å². The third-order valence-electron chi connectivity index (χ3n) is 4.06. The molecule has 0 fully saturated rings. The summed E-state index contributed by atoms with van der Waals surface area (Å²) in [6.45, 7) is 0. The van der Waals surface area contributed by atoms with E-state index in [2.05, 4.69) is 15.0 Å². The molecule has 26 heavy (non-hydrogen) atoms. The van der Waals surface area contributed by atoms with E-state index in [1.807, 2.05) is 0 Å². The van der Waals surface area contributed by atoms with E-state index in [1.165, 1.54) is 13.2 Å². The van der Waals surface area contributed by atoms with Crippen LogP contribution in [-0.2, 0) is 9.53 Å². The van der Waals surface area contributed by atoms with Crippen molar-refractivity contribution in [2.24, 2.45) is 4.99 Å². The first-order valence-electron chi connectivity index (χ1n) is 8.00. The van der Waals surface area contributed by atoms with E-state index in [1.54, 1.807) is 36.4 Å². The number of nitrogens with zero attached hydrogens (tertiary/aromatic N) is 1. The number of benzodiazepines with no additional fused rings is 1. The molecule has 0 saturated carbocycles. The van der Waals surface area contributed by atoms with Gasteiger partial charge in [0.2, 0.25) is 0 Å². The van der Waals surface area contributed by atoms with Crippen LogP contribution in [0.1, 0.15) is 24.0 Å². The fourth-order valence-corrected chi connectivity index (χ4v) is 3.19. The molecule has 3 rings (SSSR count). The number of aliphatic imine (C=N–C) groups is 1. The number of hydrogen-bond donors (Lipinski definition) is 1. The highest BCUT2D eigenvalue weighted by atomic mass is 35.5. The van der Waals surface area contributed by atoms with Gasteiger partial charge < -0.3 is 10.1 Å². The summed E-state index contributed by atoms with van der Waals surface area (Å²) in [5, 5.41) is 3.65. The molecule has 7 heteroatoms. The van der Waals surface area contributed by atoms with E-state index in [4.69, 9.17) is 23.8 Å². The van der Waals surface area contributed by atoms with E-state index in [0.717, 1.165) is 0 Å². The maximum Gasteiger partial charge on any atom is 0.305 e. The van der Waals surface area contributed by atoms with Crippen LogP contribution in [0.15, 0.2) is 47.5 Å². The highest BCUT2D eigenvalue weighted by Crippen LogP contribution is 2.29. The summed E-state index contributed by atoms with van der Waals surface area (Å²) >= 11 is 11.6. The number of nitrogens with one attached hydrogen (secondary N) is 1. The summed E-state index contributed by atoms with van der Waals surface area (Å²) < 4.78 is 19.1. The van der Waals surface area contributed by atoms with E-state index < -0.39 is 11.9 Å². The lowest BCUT2D eigenvalue weighted by molar-refractivity contribution is -0.140. The lowest BCUT2D eigenvalue weighted by atomic mass is 10.00. The molecule has 134 valence electrons. The molecule has 0 bridgehead atoms. The molecule has 0 radical (unpaired) electrons. The number of halogens is 2. The molecule has 0 spiro atoms. The summed E-state index contributed by atoms with van der Waals surface area (Å²) in [5.74, 6) is -0.739. The normalized spacial score (nSPS) is 16.2. The zero-order valence-electron chi connectivity index (χ0n) is 14.0. The van der Waals surface area contributed by atoms with Crippen molar-refractivity contribution in [3.63, 3.8) is 0 Å². The quantitative estimate of drug-likeness (QED) is 0.621. The molecular formula is C19H16ClFN2O2S. The molecule has 0 amide bonds. The largest absolute Gasteiger partial charge is 0.469 e. The minimum absolute atomic E-state index is 0.161. The number of thiocarbonyl (C=S) groups is 1. The Hall–Kier alpha value is -2.31. The maximum absolute atomic E-state index is 14.5. The molecule has 1 atom stereocenters. The van der Waals surface area contributed by atoms with Crippen LogP contribution in [0.3, 0.4) is 0 Å². The number of fused-ring (bicyclic) bond motifs is 1. The van der Waals surface area contributed by atoms with Gasteiger partial charge in [0.25, 0.3) is 0 Å². The number of methoxy groups -OCH3 is 1. The van der Waals surface area contributed by atoms with Crippen molar-refractivity contribution in [1.82, 2.24) is 0 Å². The number of hydrogen-bond acceptors (Lipinski definition) is 4. The Balaban J connectivity index is 2.10. The Labute approximate surface area is 161 Å². The first kappa shape index (κ1) is 18.5. The van der Waals surface area contributed by atoms with Crippen molar-refractivity contribution in [3.05, 3.63) is 64.4 Å². The average molecular weight is 391 g/mol. The Kier molecular flexibility index (Phi) is 5.64. The first-order valence-corrected chi connectivity index (χ1v) is 8.78. The number of anilines is 1. The number of benzene rings is 2. The number of rotatable bonds is 4. The highest BCUT2D eigenvalue weighted by molar-refractivity contribution is 7.80. The van der Waals surface area contributed by atoms with Crippen molar-refractivity contribution in [3.8, 4) is 0 Å². The molecule has 1 aliphatic heterocycles. The van der Waals surface area contributed by atoms with E-state index in [0.29, 0.717) is 39.0 Å². The fourth-order valence-electron chi connectivity index (χ4n) is 2.74. The zero-order valence-corrected chi connectivity index (χ0v) is 15.5. The number of ether oxygens (including phenoxy) is 1. The van der Waals surface area contributed by atoms with Crippen LogP contribution in [0.5, 0.6) is 0 Å². The van der Waals surface area contributed by atoms with Crippen LogP contribution < -0.4 is 5.32 Å². The summed E-state index contributed by atoms with van der Waals surface area (Å²) in [4.78, 5) is 16.6. The van der Waals surface area contributed by atoms with Gasteiger partial charge in [-0.1, -0.05) is 36.0 Å². The Morgan fingerprint density at radius 3 is 2.81 bits per heavy atom. The van der Waals surface area contributed by atoms with Crippen LogP contribution >= 0.6 is 23.8 Å². The van der Waals surface area contributed by atoms with Crippen molar-refractivity contribution >= 4 is 46.2 Å². The molecule has 0 aliphatic carbocycles. The Bertz CT molecular complexity index is 901. The monoisotopic (exact) mass is 390 g/mol. The smallest absolute Gasteiger partial charge is 0.305 e. The number of esters is 1. The minimum Gasteiger partial charge on any atom is -0.469 e. The molecule has 2 aromatic carbocycles. The van der Waals surface area contributed by atoms with E-state index in [-0.39, 0.29) is 12.4 Å². The lowest BCUT2D eigenvalue weighted by Crippen LogP contribution is -2.24. The van der Waals surface area contributed by atoms with Crippen molar-refractivity contribution in [2.45, 2.75) is 18.9 Å². The average Bonchev–Trinajstić information content (AvgIpc) is 2.76. The molecule has 0 aromatic heterocycles. The van der Waals surface area contributed by atoms with Crippen molar-refractivity contribution in [2.75, 3.05) is 12.4 Å². The van der Waals surface area contributed by atoms with Gasteiger partial charge in [-0.15, -0.1) is 0 Å². The van der Waals surface area contributed by atoms with Gasteiger partial charge >= 0.3 is 5.97 Å². The number of carbonyl (C=O) groups excluding carboxylic acids is 1. The third-order valence-corrected chi connectivity index (χ3v) is 4.67. The molecule has 4 nitrogen and oxygen atoms in total. The van der Waals surface area contributed by atoms with Crippen molar-refractivity contribution in [1.29, 1.82) is 0 Å². The predicted molar refractivity (Wildman–Crippen MR) is 105 cm³/mol. The topological polar surface area (TPSA) is 50.7 Å². The second kappa shape index (κ2) is 7.93. The van der Waals surface area contributed by atoms with Gasteiger partial charge in [0, 0.05) is 28.3 Å². The van der Waals surface area contributed by atoms with E-state index >= 15 is 0 Å². The maximum atomic E-state index is 14.5. The minimum atomic E-state index is -0.482. The molecular weight excluding hydrogens is 375 g/mol. The molecule has 1 N–H and O–H groups in total. The summed E-state index contributed by atoms with van der Waals surface area (Å²) in [7, 11) is 1.33. The van der Waals surface area contributed by atoms with Gasteiger partial charge in [0.15, 0.2) is 0 Å². The highest BCUT2D eigenvalue weighted by Gasteiger charge is 2.25. The first-order chi connectivity index (χ1) is 12.5. The zero-order chi connectivity index (χ0) is 18.7. The molecule has 0 saturated heterocycles. The number of carbonyl (C=O) groups is 1. The summed E-state index contributed by atoms with van der Waals surface area (Å²) in [6, 6.07) is 11.1. The Morgan fingerprint density at radius 1 is 1.31 bits per heavy atom. The van der Waals surface area contributed by atoms with Crippen LogP contribution in [0.25, 0.3) is 0 Å². The van der Waals surface area contributed by atoms with Gasteiger partial charge in [-0.05, 0) is 36.8 Å². The summed E-state index contributed by atoms with van der Waals surface area (Å²) in [5.41, 5.74) is 2.15. The molecule has 1 aliphatic rings. The van der Waals surface area contributed by atoms with Crippen LogP contribution in [0.4, 0.5) is 10.1 Å². The van der Waals surface area contributed by atoms with Crippen molar-refractivity contribution < 1.29 is 13.9 Å². The predicted octanol–water partition coefficient (Wildman–Crippen LogP) is 4.39. The van der Waals surface area contributed by atoms with Gasteiger partial charge in [-0.25, -0.2) is 4.39 Å². The van der Waals surface area contributed by atoms with Crippen LogP contribution in [0.2, 0.25) is 5.02 Å². The second-order valence-electron chi connectivity index (χ2n) is 5.77. The summed E-state index contributed by atoms with van der Waals surface area (Å²) in [6.07, 6.45) is 0.520.